The maximum Gasteiger partial charge on any atom is 0.353 e. The van der Waals surface area contributed by atoms with Crippen molar-refractivity contribution in [3.8, 4) is 11.5 Å². The summed E-state index contributed by atoms with van der Waals surface area (Å²) in [7, 11) is 3.03. The summed E-state index contributed by atoms with van der Waals surface area (Å²) in [6.45, 7) is 0.334. The minimum absolute atomic E-state index is 0.0343. The molecule has 0 saturated carbocycles. The maximum absolute atomic E-state index is 11.7. The number of nitrogens with zero attached hydrogens (tertiary/aromatic N) is 3. The summed E-state index contributed by atoms with van der Waals surface area (Å²) in [6.07, 6.45) is 1.25. The van der Waals surface area contributed by atoms with Crippen LogP contribution in [0.2, 0.25) is 5.02 Å². The molecule has 9 nitrogen and oxygen atoms in total. The number of halogens is 1. The van der Waals surface area contributed by atoms with Crippen LogP contribution in [-0.2, 0) is 6.54 Å². The van der Waals surface area contributed by atoms with Crippen LogP contribution >= 0.6 is 11.6 Å². The molecule has 0 amide bonds. The molecular weight excluding hydrogens is 398 g/mol. The van der Waals surface area contributed by atoms with E-state index in [1.165, 1.54) is 20.5 Å². The summed E-state index contributed by atoms with van der Waals surface area (Å²) < 4.78 is 10.5. The summed E-state index contributed by atoms with van der Waals surface area (Å²) in [5.74, 6) is 1.17. The molecule has 1 aromatic heterocycles. The van der Waals surface area contributed by atoms with Gasteiger partial charge in [0, 0.05) is 17.6 Å². The zero-order valence-corrected chi connectivity index (χ0v) is 16.4. The molecule has 0 aliphatic carbocycles. The van der Waals surface area contributed by atoms with Crippen molar-refractivity contribution < 1.29 is 14.4 Å². The Bertz CT molecular complexity index is 1010. The molecule has 2 aromatic carbocycles. The highest BCUT2D eigenvalue weighted by atomic mass is 35.5. The van der Waals surface area contributed by atoms with Crippen LogP contribution in [-0.4, -0.2) is 29.1 Å². The standard InChI is InChI=1S/C19H18ClN5O4/c1-28-14-7-8-15(16(9-14)29-2)24-19-17(25(26)27)18(22-11-23-19)21-10-12-3-5-13(20)6-4-12/h3-9,11H,10H2,1-2H3,(H2,21,22,23,24). The smallest absolute Gasteiger partial charge is 0.353 e. The molecule has 0 aliphatic rings. The third-order valence-electron chi connectivity index (χ3n) is 4.04. The molecule has 2 N–H and O–H groups in total. The molecule has 10 heteroatoms. The molecule has 0 aliphatic heterocycles. The second-order valence-electron chi connectivity index (χ2n) is 5.85. The van der Waals surface area contributed by atoms with Gasteiger partial charge in [-0.25, -0.2) is 9.97 Å². The number of benzene rings is 2. The Balaban J connectivity index is 1.89. The number of nitrogens with one attached hydrogen (secondary N) is 2. The van der Waals surface area contributed by atoms with Crippen molar-refractivity contribution in [3.05, 3.63) is 69.5 Å². The van der Waals surface area contributed by atoms with Crippen LogP contribution in [0.3, 0.4) is 0 Å². The fraction of sp³-hybridized carbons (Fsp3) is 0.158. The van der Waals surface area contributed by atoms with Crippen LogP contribution in [0.1, 0.15) is 5.56 Å². The second kappa shape index (κ2) is 9.07. The number of hydrogen-bond acceptors (Lipinski definition) is 8. The quantitative estimate of drug-likeness (QED) is 0.411. The molecule has 0 radical (unpaired) electrons. The van der Waals surface area contributed by atoms with Gasteiger partial charge >= 0.3 is 5.69 Å². The van der Waals surface area contributed by atoms with E-state index in [0.29, 0.717) is 28.8 Å². The fourth-order valence-corrected chi connectivity index (χ4v) is 2.72. The molecule has 0 fully saturated rings. The molecular formula is C19H18ClN5O4. The number of hydrogen-bond donors (Lipinski definition) is 2. The molecule has 0 atom stereocenters. The minimum Gasteiger partial charge on any atom is -0.497 e. The Morgan fingerprint density at radius 2 is 1.79 bits per heavy atom. The summed E-state index contributed by atoms with van der Waals surface area (Å²) in [6, 6.07) is 12.2. The molecule has 0 spiro atoms. The van der Waals surface area contributed by atoms with Crippen LogP contribution in [0.15, 0.2) is 48.8 Å². The van der Waals surface area contributed by atoms with Gasteiger partial charge in [0.05, 0.1) is 24.8 Å². The van der Waals surface area contributed by atoms with Crippen molar-refractivity contribution in [2.24, 2.45) is 0 Å². The largest absolute Gasteiger partial charge is 0.497 e. The minimum atomic E-state index is -0.539. The van der Waals surface area contributed by atoms with Crippen LogP contribution in [0.5, 0.6) is 11.5 Å². The van der Waals surface area contributed by atoms with Crippen LogP contribution < -0.4 is 20.1 Å². The molecule has 150 valence electrons. The number of rotatable bonds is 8. The summed E-state index contributed by atoms with van der Waals surface area (Å²) in [4.78, 5) is 19.2. The molecule has 3 aromatic rings. The van der Waals surface area contributed by atoms with E-state index in [9.17, 15) is 10.1 Å². The number of ether oxygens (including phenoxy) is 2. The van der Waals surface area contributed by atoms with Crippen molar-refractivity contribution in [1.82, 2.24) is 9.97 Å². The van der Waals surface area contributed by atoms with Crippen LogP contribution in [0.4, 0.5) is 23.0 Å². The van der Waals surface area contributed by atoms with E-state index in [1.54, 1.807) is 30.3 Å². The number of anilines is 3. The third kappa shape index (κ3) is 4.82. The van der Waals surface area contributed by atoms with E-state index in [-0.39, 0.29) is 17.3 Å². The molecule has 3 rings (SSSR count). The second-order valence-corrected chi connectivity index (χ2v) is 6.28. The normalized spacial score (nSPS) is 10.3. The Kier molecular flexibility index (Phi) is 6.30. The molecule has 0 bridgehead atoms. The van der Waals surface area contributed by atoms with E-state index in [0.717, 1.165) is 5.56 Å². The zero-order chi connectivity index (χ0) is 20.8. The van der Waals surface area contributed by atoms with E-state index < -0.39 is 4.92 Å². The van der Waals surface area contributed by atoms with E-state index in [2.05, 4.69) is 20.6 Å². The van der Waals surface area contributed by atoms with Crippen LogP contribution in [0, 0.1) is 10.1 Å². The van der Waals surface area contributed by atoms with E-state index in [1.807, 2.05) is 12.1 Å². The van der Waals surface area contributed by atoms with Gasteiger partial charge < -0.3 is 20.1 Å². The highest BCUT2D eigenvalue weighted by Crippen LogP contribution is 2.36. The van der Waals surface area contributed by atoms with Crippen molar-refractivity contribution >= 4 is 34.6 Å². The van der Waals surface area contributed by atoms with Gasteiger partial charge in [0.25, 0.3) is 0 Å². The first-order valence-corrected chi connectivity index (χ1v) is 8.86. The lowest BCUT2D eigenvalue weighted by Gasteiger charge is -2.13. The lowest BCUT2D eigenvalue weighted by atomic mass is 10.2. The Labute approximate surface area is 171 Å². The van der Waals surface area contributed by atoms with Crippen molar-refractivity contribution in [1.29, 1.82) is 0 Å². The van der Waals surface area contributed by atoms with Crippen LogP contribution in [0.25, 0.3) is 0 Å². The van der Waals surface area contributed by atoms with Gasteiger partial charge in [0.15, 0.2) is 0 Å². The number of nitro groups is 1. The van der Waals surface area contributed by atoms with Crippen molar-refractivity contribution in [3.63, 3.8) is 0 Å². The van der Waals surface area contributed by atoms with Gasteiger partial charge in [-0.1, -0.05) is 23.7 Å². The van der Waals surface area contributed by atoms with Gasteiger partial charge in [0.2, 0.25) is 11.6 Å². The first-order valence-electron chi connectivity index (χ1n) is 8.48. The Hall–Kier alpha value is -3.59. The average molecular weight is 416 g/mol. The Morgan fingerprint density at radius 3 is 2.45 bits per heavy atom. The number of methoxy groups -OCH3 is 2. The highest BCUT2D eigenvalue weighted by molar-refractivity contribution is 6.30. The molecule has 0 unspecified atom stereocenters. The van der Waals surface area contributed by atoms with Crippen molar-refractivity contribution in [2.75, 3.05) is 24.9 Å². The van der Waals surface area contributed by atoms with E-state index >= 15 is 0 Å². The van der Waals surface area contributed by atoms with Gasteiger partial charge in [-0.15, -0.1) is 0 Å². The summed E-state index contributed by atoms with van der Waals surface area (Å²) >= 11 is 5.88. The predicted octanol–water partition coefficient (Wildman–Crippen LogP) is 4.41. The molecule has 29 heavy (non-hydrogen) atoms. The number of aromatic nitrogens is 2. The summed E-state index contributed by atoms with van der Waals surface area (Å²) in [5.41, 5.74) is 1.12. The monoisotopic (exact) mass is 415 g/mol. The SMILES string of the molecule is COc1ccc(Nc2ncnc(NCc3ccc(Cl)cc3)c2[N+](=O)[O-])c(OC)c1. The van der Waals surface area contributed by atoms with Crippen molar-refractivity contribution in [2.45, 2.75) is 6.54 Å². The first-order chi connectivity index (χ1) is 14.0. The van der Waals surface area contributed by atoms with E-state index in [4.69, 9.17) is 21.1 Å². The summed E-state index contributed by atoms with van der Waals surface area (Å²) in [5, 5.41) is 18.2. The van der Waals surface area contributed by atoms with Gasteiger partial charge in [-0.05, 0) is 29.8 Å². The molecule has 1 heterocycles. The topological polar surface area (TPSA) is 111 Å². The highest BCUT2D eigenvalue weighted by Gasteiger charge is 2.24. The van der Waals surface area contributed by atoms with Gasteiger partial charge in [-0.2, -0.15) is 0 Å². The Morgan fingerprint density at radius 1 is 1.07 bits per heavy atom. The van der Waals surface area contributed by atoms with Gasteiger partial charge in [0.1, 0.15) is 17.8 Å². The lowest BCUT2D eigenvalue weighted by Crippen LogP contribution is -2.08. The first kappa shape index (κ1) is 20.2. The van der Waals surface area contributed by atoms with Gasteiger partial charge in [-0.3, -0.25) is 10.1 Å². The third-order valence-corrected chi connectivity index (χ3v) is 4.29. The fourth-order valence-electron chi connectivity index (χ4n) is 2.59. The predicted molar refractivity (Wildman–Crippen MR) is 110 cm³/mol. The maximum atomic E-state index is 11.7. The average Bonchev–Trinajstić information content (AvgIpc) is 2.73. The zero-order valence-electron chi connectivity index (χ0n) is 15.7. The molecule has 0 saturated heterocycles. The lowest BCUT2D eigenvalue weighted by molar-refractivity contribution is -0.383.